The van der Waals surface area contributed by atoms with Crippen LogP contribution in [0.15, 0.2) is 35.4 Å². The SMILES string of the molecule is CN1N=C(C(=O)N(CC(=O)O)c2ccccc2)CCC1=O. The zero-order valence-corrected chi connectivity index (χ0v) is 11.5. The van der Waals surface area contributed by atoms with Gasteiger partial charge in [-0.3, -0.25) is 19.3 Å². The normalized spacial score (nSPS) is 14.6. The van der Waals surface area contributed by atoms with Gasteiger partial charge in [-0.05, 0) is 12.1 Å². The summed E-state index contributed by atoms with van der Waals surface area (Å²) in [4.78, 5) is 36.0. The first-order chi connectivity index (χ1) is 9.99. The maximum atomic E-state index is 12.5. The van der Waals surface area contributed by atoms with E-state index in [9.17, 15) is 14.4 Å². The van der Waals surface area contributed by atoms with Gasteiger partial charge in [0.2, 0.25) is 5.91 Å². The molecule has 1 aliphatic rings. The molecule has 0 atom stereocenters. The molecule has 0 fully saturated rings. The Hall–Kier alpha value is -2.70. The highest BCUT2D eigenvalue weighted by Gasteiger charge is 2.27. The molecule has 2 rings (SSSR count). The van der Waals surface area contributed by atoms with Crippen LogP contribution in [-0.4, -0.2) is 47.2 Å². The first-order valence-electron chi connectivity index (χ1n) is 6.42. The average molecular weight is 289 g/mol. The van der Waals surface area contributed by atoms with Gasteiger partial charge in [-0.15, -0.1) is 0 Å². The van der Waals surface area contributed by atoms with Gasteiger partial charge in [0, 0.05) is 25.6 Å². The summed E-state index contributed by atoms with van der Waals surface area (Å²) in [5, 5.41) is 14.0. The Morgan fingerprint density at radius 1 is 1.29 bits per heavy atom. The van der Waals surface area contributed by atoms with Crippen LogP contribution in [-0.2, 0) is 14.4 Å². The lowest BCUT2D eigenvalue weighted by atomic mass is 10.1. The smallest absolute Gasteiger partial charge is 0.323 e. The quantitative estimate of drug-likeness (QED) is 0.884. The minimum Gasteiger partial charge on any atom is -0.480 e. The van der Waals surface area contributed by atoms with Crippen molar-refractivity contribution in [3.05, 3.63) is 30.3 Å². The summed E-state index contributed by atoms with van der Waals surface area (Å²) >= 11 is 0. The van der Waals surface area contributed by atoms with Crippen LogP contribution in [0.1, 0.15) is 12.8 Å². The number of carbonyl (C=O) groups is 3. The van der Waals surface area contributed by atoms with E-state index in [4.69, 9.17) is 5.11 Å². The number of rotatable bonds is 4. The molecule has 1 N–H and O–H groups in total. The van der Waals surface area contributed by atoms with Crippen LogP contribution in [0.5, 0.6) is 0 Å². The van der Waals surface area contributed by atoms with Crippen LogP contribution in [0.4, 0.5) is 5.69 Å². The lowest BCUT2D eigenvalue weighted by molar-refractivity contribution is -0.136. The van der Waals surface area contributed by atoms with Gasteiger partial charge in [-0.2, -0.15) is 5.10 Å². The number of carboxylic acids is 1. The minimum atomic E-state index is -1.12. The summed E-state index contributed by atoms with van der Waals surface area (Å²) in [6.07, 6.45) is 0.404. The molecule has 110 valence electrons. The molecule has 1 heterocycles. The first-order valence-corrected chi connectivity index (χ1v) is 6.42. The number of nitrogens with zero attached hydrogens (tertiary/aromatic N) is 3. The molecule has 0 saturated heterocycles. The Kier molecular flexibility index (Phi) is 4.32. The zero-order valence-electron chi connectivity index (χ0n) is 11.5. The van der Waals surface area contributed by atoms with Crippen molar-refractivity contribution < 1.29 is 19.5 Å². The number of carbonyl (C=O) groups excluding carboxylic acids is 2. The van der Waals surface area contributed by atoms with Crippen LogP contribution in [0.3, 0.4) is 0 Å². The molecule has 0 radical (unpaired) electrons. The summed E-state index contributed by atoms with van der Waals surface area (Å²) in [7, 11) is 1.47. The number of para-hydroxylation sites is 1. The van der Waals surface area contributed by atoms with Crippen LogP contribution < -0.4 is 4.90 Å². The van der Waals surface area contributed by atoms with E-state index >= 15 is 0 Å². The van der Waals surface area contributed by atoms with Crippen molar-refractivity contribution in [1.82, 2.24) is 5.01 Å². The third-order valence-corrected chi connectivity index (χ3v) is 3.06. The second-order valence-electron chi connectivity index (χ2n) is 4.58. The lowest BCUT2D eigenvalue weighted by Gasteiger charge is -2.24. The number of aliphatic carboxylic acids is 1. The van der Waals surface area contributed by atoms with E-state index in [2.05, 4.69) is 5.10 Å². The van der Waals surface area contributed by atoms with Crippen molar-refractivity contribution in [2.75, 3.05) is 18.5 Å². The number of amides is 2. The van der Waals surface area contributed by atoms with Crippen molar-refractivity contribution in [1.29, 1.82) is 0 Å². The van der Waals surface area contributed by atoms with Gasteiger partial charge in [-0.1, -0.05) is 18.2 Å². The molecule has 7 heteroatoms. The van der Waals surface area contributed by atoms with Crippen LogP contribution in [0.25, 0.3) is 0 Å². The van der Waals surface area contributed by atoms with Gasteiger partial charge in [0.1, 0.15) is 12.3 Å². The maximum Gasteiger partial charge on any atom is 0.323 e. The molecule has 0 unspecified atom stereocenters. The number of benzene rings is 1. The maximum absolute atomic E-state index is 12.5. The fourth-order valence-electron chi connectivity index (χ4n) is 2.00. The van der Waals surface area contributed by atoms with Crippen molar-refractivity contribution in [2.45, 2.75) is 12.8 Å². The zero-order chi connectivity index (χ0) is 15.4. The topological polar surface area (TPSA) is 90.3 Å². The highest BCUT2D eigenvalue weighted by molar-refractivity contribution is 6.44. The number of anilines is 1. The number of hydrazone groups is 1. The summed E-state index contributed by atoms with van der Waals surface area (Å²) in [6.45, 7) is -0.459. The fourth-order valence-corrected chi connectivity index (χ4v) is 2.00. The van der Waals surface area contributed by atoms with Crippen molar-refractivity contribution in [2.24, 2.45) is 5.10 Å². The third kappa shape index (κ3) is 3.44. The van der Waals surface area contributed by atoms with Crippen molar-refractivity contribution >= 4 is 29.2 Å². The van der Waals surface area contributed by atoms with Crippen molar-refractivity contribution in [3.63, 3.8) is 0 Å². The Bertz CT molecular complexity index is 597. The highest BCUT2D eigenvalue weighted by Crippen LogP contribution is 2.16. The predicted molar refractivity (Wildman–Crippen MR) is 75.9 cm³/mol. The van der Waals surface area contributed by atoms with E-state index in [0.29, 0.717) is 5.69 Å². The molecule has 2 amide bonds. The Balaban J connectivity index is 2.29. The van der Waals surface area contributed by atoms with Crippen LogP contribution in [0, 0.1) is 0 Å². The summed E-state index contributed by atoms with van der Waals surface area (Å²) < 4.78 is 0. The van der Waals surface area contributed by atoms with E-state index in [0.717, 1.165) is 9.91 Å². The number of carboxylic acid groups (broad SMARTS) is 1. The monoisotopic (exact) mass is 289 g/mol. The standard InChI is InChI=1S/C14H15N3O4/c1-16-12(18)8-7-11(15-16)14(21)17(9-13(19)20)10-5-3-2-4-6-10/h2-6H,7-9H2,1H3,(H,19,20). The molecule has 21 heavy (non-hydrogen) atoms. The number of hydrogen-bond donors (Lipinski definition) is 1. The Morgan fingerprint density at radius 2 is 1.95 bits per heavy atom. The molecule has 0 aromatic heterocycles. The molecular formula is C14H15N3O4. The second kappa shape index (κ2) is 6.17. The molecule has 1 aromatic carbocycles. The van der Waals surface area contributed by atoms with E-state index in [1.165, 1.54) is 7.05 Å². The molecule has 1 aliphatic heterocycles. The molecule has 7 nitrogen and oxygen atoms in total. The van der Waals surface area contributed by atoms with Crippen molar-refractivity contribution in [3.8, 4) is 0 Å². The van der Waals surface area contributed by atoms with Gasteiger partial charge in [0.15, 0.2) is 0 Å². The molecular weight excluding hydrogens is 274 g/mol. The predicted octanol–water partition coefficient (Wildman–Crippen LogP) is 0.712. The Morgan fingerprint density at radius 3 is 2.52 bits per heavy atom. The third-order valence-electron chi connectivity index (χ3n) is 3.06. The summed E-state index contributed by atoms with van der Waals surface area (Å²) in [5.74, 6) is -1.79. The van der Waals surface area contributed by atoms with E-state index in [1.54, 1.807) is 30.3 Å². The molecule has 0 aliphatic carbocycles. The molecule has 0 bridgehead atoms. The molecule has 0 spiro atoms. The van der Waals surface area contributed by atoms with E-state index in [1.807, 2.05) is 0 Å². The van der Waals surface area contributed by atoms with Gasteiger partial charge < -0.3 is 5.11 Å². The first kappa shape index (κ1) is 14.7. The van der Waals surface area contributed by atoms with Crippen LogP contribution in [0.2, 0.25) is 0 Å². The lowest BCUT2D eigenvalue weighted by Crippen LogP contribution is -2.43. The largest absolute Gasteiger partial charge is 0.480 e. The summed E-state index contributed by atoms with van der Waals surface area (Å²) in [6, 6.07) is 8.52. The van der Waals surface area contributed by atoms with Gasteiger partial charge >= 0.3 is 5.97 Å². The van der Waals surface area contributed by atoms with Gasteiger partial charge in [-0.25, -0.2) is 5.01 Å². The number of hydrogen-bond acceptors (Lipinski definition) is 4. The van der Waals surface area contributed by atoms with Crippen LogP contribution >= 0.6 is 0 Å². The highest BCUT2D eigenvalue weighted by atomic mass is 16.4. The second-order valence-corrected chi connectivity index (χ2v) is 4.58. The van der Waals surface area contributed by atoms with E-state index < -0.39 is 18.4 Å². The average Bonchev–Trinajstić information content (AvgIpc) is 2.47. The Labute approximate surface area is 121 Å². The van der Waals surface area contributed by atoms with Gasteiger partial charge in [0.25, 0.3) is 5.91 Å². The van der Waals surface area contributed by atoms with E-state index in [-0.39, 0.29) is 24.5 Å². The van der Waals surface area contributed by atoms with Gasteiger partial charge in [0.05, 0.1) is 0 Å². The summed E-state index contributed by atoms with van der Waals surface area (Å²) in [5.41, 5.74) is 0.661. The minimum absolute atomic E-state index is 0.170. The molecule has 1 aromatic rings. The fraction of sp³-hybridized carbons (Fsp3) is 0.286. The molecule has 0 saturated carbocycles.